The normalized spacial score (nSPS) is 15.1. The van der Waals surface area contributed by atoms with Gasteiger partial charge in [0.1, 0.15) is 18.1 Å². The maximum absolute atomic E-state index is 13.6. The van der Waals surface area contributed by atoms with Gasteiger partial charge in [-0.25, -0.2) is 8.42 Å². The zero-order valence-electron chi connectivity index (χ0n) is 20.7. The molecule has 190 valence electrons. The molecule has 8 heteroatoms. The maximum atomic E-state index is 13.6. The fourth-order valence-electron chi connectivity index (χ4n) is 4.33. The van der Waals surface area contributed by atoms with Gasteiger partial charge in [-0.3, -0.25) is 9.10 Å². The van der Waals surface area contributed by atoms with Crippen LogP contribution in [-0.4, -0.2) is 40.1 Å². The van der Waals surface area contributed by atoms with Crippen molar-refractivity contribution in [2.24, 2.45) is 0 Å². The van der Waals surface area contributed by atoms with Crippen LogP contribution in [0.1, 0.15) is 11.1 Å². The van der Waals surface area contributed by atoms with Crippen molar-refractivity contribution in [2.45, 2.75) is 24.8 Å². The van der Waals surface area contributed by atoms with Crippen molar-refractivity contribution >= 4 is 32.4 Å². The second kappa shape index (κ2) is 10.1. The Balaban J connectivity index is 1.30. The van der Waals surface area contributed by atoms with Gasteiger partial charge in [-0.2, -0.15) is 0 Å². The van der Waals surface area contributed by atoms with E-state index in [4.69, 9.17) is 9.47 Å². The van der Waals surface area contributed by atoms with E-state index in [0.717, 1.165) is 27.6 Å². The Hall–Kier alpha value is -4.04. The molecule has 0 aliphatic carbocycles. The molecular formula is C29H28N2O5S. The second-order valence-electron chi connectivity index (χ2n) is 9.04. The van der Waals surface area contributed by atoms with Crippen LogP contribution in [0.2, 0.25) is 0 Å². The Morgan fingerprint density at radius 2 is 1.70 bits per heavy atom. The highest BCUT2D eigenvalue weighted by molar-refractivity contribution is 7.92. The molecule has 0 saturated carbocycles. The molecule has 1 amide bonds. The molecule has 4 aromatic rings. The summed E-state index contributed by atoms with van der Waals surface area (Å²) in [6.45, 7) is 4.15. The molecule has 0 fully saturated rings. The van der Waals surface area contributed by atoms with E-state index in [9.17, 15) is 13.2 Å². The fourth-order valence-corrected chi connectivity index (χ4v) is 5.81. The van der Waals surface area contributed by atoms with Crippen LogP contribution in [0.25, 0.3) is 10.8 Å². The van der Waals surface area contributed by atoms with Gasteiger partial charge in [0.25, 0.3) is 15.9 Å². The first-order valence-electron chi connectivity index (χ1n) is 12.1. The van der Waals surface area contributed by atoms with Crippen molar-refractivity contribution in [1.82, 2.24) is 5.32 Å². The number of nitrogens with one attached hydrogen (secondary N) is 1. The van der Waals surface area contributed by atoms with Crippen LogP contribution in [0.15, 0.2) is 89.8 Å². The predicted octanol–water partition coefficient (Wildman–Crippen LogP) is 4.61. The number of amides is 1. The van der Waals surface area contributed by atoms with Crippen molar-refractivity contribution in [1.29, 1.82) is 0 Å². The van der Waals surface area contributed by atoms with Gasteiger partial charge in [-0.05, 0) is 55.1 Å². The zero-order valence-corrected chi connectivity index (χ0v) is 21.5. The Labute approximate surface area is 216 Å². The van der Waals surface area contributed by atoms with Crippen LogP contribution < -0.4 is 19.1 Å². The first kappa shape index (κ1) is 24.6. The average molecular weight is 517 g/mol. The summed E-state index contributed by atoms with van der Waals surface area (Å²) in [6, 6.07) is 25.7. The number of nitrogens with zero attached hydrogens (tertiary/aromatic N) is 1. The van der Waals surface area contributed by atoms with Gasteiger partial charge in [0.15, 0.2) is 6.10 Å². The SMILES string of the molecule is Cc1ccc(S(=O)(=O)N2C[C@@H](C(=O)NCCOc3cccc4ccccc34)Oc3cc(C)ccc32)cc1. The summed E-state index contributed by atoms with van der Waals surface area (Å²) in [7, 11) is -3.90. The molecule has 4 aromatic carbocycles. The minimum Gasteiger partial charge on any atom is -0.491 e. The van der Waals surface area contributed by atoms with E-state index in [-0.39, 0.29) is 24.6 Å². The van der Waals surface area contributed by atoms with Gasteiger partial charge in [0.05, 0.1) is 23.7 Å². The summed E-state index contributed by atoms with van der Waals surface area (Å²) in [6.07, 6.45) is -1.01. The summed E-state index contributed by atoms with van der Waals surface area (Å²) in [5.74, 6) is 0.688. The van der Waals surface area contributed by atoms with E-state index in [1.54, 1.807) is 36.4 Å². The number of rotatable bonds is 7. The number of carbonyl (C=O) groups excluding carboxylic acids is 1. The number of anilines is 1. The molecular weight excluding hydrogens is 488 g/mol. The summed E-state index contributed by atoms with van der Waals surface area (Å²) in [4.78, 5) is 13.2. The molecule has 1 aliphatic rings. The predicted molar refractivity (Wildman–Crippen MR) is 144 cm³/mol. The minimum absolute atomic E-state index is 0.137. The van der Waals surface area contributed by atoms with Crippen LogP contribution in [0.4, 0.5) is 5.69 Å². The third kappa shape index (κ3) is 5.11. The molecule has 1 atom stereocenters. The molecule has 7 nitrogen and oxygen atoms in total. The number of sulfonamides is 1. The van der Waals surface area contributed by atoms with E-state index in [1.165, 1.54) is 4.31 Å². The van der Waals surface area contributed by atoms with Crippen molar-refractivity contribution in [3.05, 3.63) is 96.1 Å². The number of aryl methyl sites for hydroxylation is 2. The molecule has 0 spiro atoms. The van der Waals surface area contributed by atoms with Crippen LogP contribution in [-0.2, 0) is 14.8 Å². The number of fused-ring (bicyclic) bond motifs is 2. The maximum Gasteiger partial charge on any atom is 0.264 e. The lowest BCUT2D eigenvalue weighted by Crippen LogP contribution is -2.51. The molecule has 1 heterocycles. The molecule has 1 aliphatic heterocycles. The van der Waals surface area contributed by atoms with E-state index >= 15 is 0 Å². The third-order valence-electron chi connectivity index (χ3n) is 6.29. The highest BCUT2D eigenvalue weighted by Gasteiger charge is 2.37. The largest absolute Gasteiger partial charge is 0.491 e. The van der Waals surface area contributed by atoms with Gasteiger partial charge >= 0.3 is 0 Å². The lowest BCUT2D eigenvalue weighted by Gasteiger charge is -2.35. The van der Waals surface area contributed by atoms with Gasteiger partial charge in [0.2, 0.25) is 0 Å². The van der Waals surface area contributed by atoms with Gasteiger partial charge in [-0.15, -0.1) is 0 Å². The van der Waals surface area contributed by atoms with Crippen molar-refractivity contribution in [3.63, 3.8) is 0 Å². The summed E-state index contributed by atoms with van der Waals surface area (Å²) >= 11 is 0. The van der Waals surface area contributed by atoms with Gasteiger partial charge < -0.3 is 14.8 Å². The van der Waals surface area contributed by atoms with E-state index in [2.05, 4.69) is 5.32 Å². The van der Waals surface area contributed by atoms with Crippen LogP contribution in [0.3, 0.4) is 0 Å². The first-order valence-corrected chi connectivity index (χ1v) is 13.5. The van der Waals surface area contributed by atoms with E-state index in [0.29, 0.717) is 11.4 Å². The Bertz CT molecular complexity index is 1550. The number of carbonyl (C=O) groups is 1. The van der Waals surface area contributed by atoms with Gasteiger partial charge in [-0.1, -0.05) is 60.2 Å². The third-order valence-corrected chi connectivity index (χ3v) is 8.09. The molecule has 5 rings (SSSR count). The highest BCUT2D eigenvalue weighted by Crippen LogP contribution is 2.37. The number of ether oxygens (including phenoxy) is 2. The summed E-state index contributed by atoms with van der Waals surface area (Å²) in [5, 5.41) is 4.89. The number of hydrogen-bond donors (Lipinski definition) is 1. The Morgan fingerprint density at radius 3 is 2.51 bits per heavy atom. The Morgan fingerprint density at radius 1 is 0.973 bits per heavy atom. The van der Waals surface area contributed by atoms with E-state index < -0.39 is 22.0 Å². The quantitative estimate of drug-likeness (QED) is 0.363. The van der Waals surface area contributed by atoms with Crippen LogP contribution in [0.5, 0.6) is 11.5 Å². The minimum atomic E-state index is -3.90. The van der Waals surface area contributed by atoms with E-state index in [1.807, 2.05) is 62.4 Å². The van der Waals surface area contributed by atoms with Crippen LogP contribution >= 0.6 is 0 Å². The average Bonchev–Trinajstić information content (AvgIpc) is 2.90. The summed E-state index contributed by atoms with van der Waals surface area (Å²) in [5.41, 5.74) is 2.27. The molecule has 0 radical (unpaired) electrons. The zero-order chi connectivity index (χ0) is 26.0. The summed E-state index contributed by atoms with van der Waals surface area (Å²) < 4.78 is 40.3. The van der Waals surface area contributed by atoms with Gasteiger partial charge in [0, 0.05) is 5.39 Å². The first-order chi connectivity index (χ1) is 17.8. The monoisotopic (exact) mass is 516 g/mol. The molecule has 0 aromatic heterocycles. The van der Waals surface area contributed by atoms with Crippen molar-refractivity contribution in [3.8, 4) is 11.5 Å². The topological polar surface area (TPSA) is 84.9 Å². The highest BCUT2D eigenvalue weighted by atomic mass is 32.2. The van der Waals surface area contributed by atoms with Crippen molar-refractivity contribution < 1.29 is 22.7 Å². The molecule has 1 N–H and O–H groups in total. The fraction of sp³-hybridized carbons (Fsp3) is 0.207. The second-order valence-corrected chi connectivity index (χ2v) is 10.9. The molecule has 0 saturated heterocycles. The van der Waals surface area contributed by atoms with Crippen molar-refractivity contribution in [2.75, 3.05) is 24.0 Å². The number of hydrogen-bond acceptors (Lipinski definition) is 5. The van der Waals surface area contributed by atoms with Crippen LogP contribution in [0, 0.1) is 13.8 Å². The standard InChI is InChI=1S/C29H28N2O5S/c1-20-10-13-23(14-11-20)37(33,34)31-19-28(36-27-18-21(2)12-15-25(27)31)29(32)30-16-17-35-26-9-5-7-22-6-3-4-8-24(22)26/h3-15,18,28H,16-17,19H2,1-2H3,(H,30,32)/t28-/m0/s1. The lowest BCUT2D eigenvalue weighted by molar-refractivity contribution is -0.127. The Kier molecular flexibility index (Phi) is 6.76. The lowest BCUT2D eigenvalue weighted by atomic mass is 10.1. The molecule has 0 unspecified atom stereocenters. The molecule has 37 heavy (non-hydrogen) atoms. The smallest absolute Gasteiger partial charge is 0.264 e. The number of benzene rings is 4. The molecule has 0 bridgehead atoms.